The standard InChI is InChI=1S/C21H34/c1-21(2,3)16-9-12-18-15(13-16)8-11-19-17-6-4-5-14(17)7-10-20(18)19/h8,14,16-20H,4-7,9-13H2,1-3H3. The summed E-state index contributed by atoms with van der Waals surface area (Å²) in [6.45, 7) is 7.36. The van der Waals surface area contributed by atoms with Gasteiger partial charge in [-0.1, -0.05) is 45.3 Å². The molecule has 0 amide bonds. The zero-order chi connectivity index (χ0) is 14.6. The average Bonchev–Trinajstić information content (AvgIpc) is 2.93. The van der Waals surface area contributed by atoms with Gasteiger partial charge in [0.15, 0.2) is 0 Å². The fraction of sp³-hybridized carbons (Fsp3) is 0.905. The van der Waals surface area contributed by atoms with Gasteiger partial charge in [-0.3, -0.25) is 0 Å². The molecule has 0 nitrogen and oxygen atoms in total. The molecule has 6 unspecified atom stereocenters. The molecule has 4 aliphatic carbocycles. The van der Waals surface area contributed by atoms with Gasteiger partial charge in [-0.05, 0) is 85.9 Å². The molecule has 0 aliphatic heterocycles. The molecule has 4 rings (SSSR count). The molecular weight excluding hydrogens is 252 g/mol. The summed E-state index contributed by atoms with van der Waals surface area (Å²) in [4.78, 5) is 0. The van der Waals surface area contributed by atoms with Crippen LogP contribution in [-0.4, -0.2) is 0 Å². The third-order valence-electron chi connectivity index (χ3n) is 7.87. The summed E-state index contributed by atoms with van der Waals surface area (Å²) in [6.07, 6.45) is 16.4. The lowest BCUT2D eigenvalue weighted by Crippen LogP contribution is -2.41. The fourth-order valence-electron chi connectivity index (χ4n) is 6.63. The first-order chi connectivity index (χ1) is 10.0. The normalized spacial score (nSPS) is 46.3. The van der Waals surface area contributed by atoms with E-state index in [4.69, 9.17) is 0 Å². The third-order valence-corrected chi connectivity index (χ3v) is 7.87. The number of rotatable bonds is 0. The maximum Gasteiger partial charge on any atom is -0.0172 e. The van der Waals surface area contributed by atoms with E-state index in [0.29, 0.717) is 5.41 Å². The Morgan fingerprint density at radius 1 is 0.857 bits per heavy atom. The summed E-state index contributed by atoms with van der Waals surface area (Å²) in [6, 6.07) is 0. The molecule has 0 saturated heterocycles. The Kier molecular flexibility index (Phi) is 3.51. The molecule has 0 spiro atoms. The zero-order valence-corrected chi connectivity index (χ0v) is 14.4. The van der Waals surface area contributed by atoms with Crippen LogP contribution in [0.1, 0.15) is 78.6 Å². The van der Waals surface area contributed by atoms with Crippen molar-refractivity contribution < 1.29 is 0 Å². The summed E-state index contributed by atoms with van der Waals surface area (Å²) in [5.74, 6) is 6.30. The Hall–Kier alpha value is -0.260. The molecule has 0 aromatic carbocycles. The lowest BCUT2D eigenvalue weighted by molar-refractivity contribution is 0.0497. The largest absolute Gasteiger partial charge is 0.0847 e. The first kappa shape index (κ1) is 14.3. The first-order valence-corrected chi connectivity index (χ1v) is 9.73. The van der Waals surface area contributed by atoms with Gasteiger partial charge in [-0.15, -0.1) is 0 Å². The number of hydrogen-bond acceptors (Lipinski definition) is 0. The first-order valence-electron chi connectivity index (χ1n) is 9.73. The van der Waals surface area contributed by atoms with Crippen molar-refractivity contribution in [2.45, 2.75) is 78.6 Å². The Balaban J connectivity index is 1.54. The molecule has 0 N–H and O–H groups in total. The highest BCUT2D eigenvalue weighted by Gasteiger charge is 2.47. The van der Waals surface area contributed by atoms with Crippen LogP contribution in [0.5, 0.6) is 0 Å². The van der Waals surface area contributed by atoms with E-state index in [-0.39, 0.29) is 0 Å². The fourth-order valence-corrected chi connectivity index (χ4v) is 6.63. The Labute approximate surface area is 131 Å². The average molecular weight is 287 g/mol. The molecule has 3 fully saturated rings. The van der Waals surface area contributed by atoms with Gasteiger partial charge < -0.3 is 0 Å². The van der Waals surface area contributed by atoms with Crippen LogP contribution in [-0.2, 0) is 0 Å². The van der Waals surface area contributed by atoms with Crippen LogP contribution in [0.3, 0.4) is 0 Å². The van der Waals surface area contributed by atoms with E-state index in [9.17, 15) is 0 Å². The van der Waals surface area contributed by atoms with Crippen molar-refractivity contribution in [2.75, 3.05) is 0 Å². The molecule has 0 aromatic rings. The summed E-state index contributed by atoms with van der Waals surface area (Å²) in [7, 11) is 0. The highest BCUT2D eigenvalue weighted by Crippen LogP contribution is 2.57. The molecule has 21 heavy (non-hydrogen) atoms. The molecule has 3 saturated carbocycles. The lowest BCUT2D eigenvalue weighted by atomic mass is 9.55. The Morgan fingerprint density at radius 3 is 2.52 bits per heavy atom. The van der Waals surface area contributed by atoms with Crippen LogP contribution in [0, 0.1) is 40.9 Å². The van der Waals surface area contributed by atoms with E-state index in [2.05, 4.69) is 26.8 Å². The van der Waals surface area contributed by atoms with Gasteiger partial charge >= 0.3 is 0 Å². The maximum atomic E-state index is 2.73. The maximum absolute atomic E-state index is 2.73. The van der Waals surface area contributed by atoms with Gasteiger partial charge in [-0.2, -0.15) is 0 Å². The van der Waals surface area contributed by atoms with E-state index in [1.807, 2.05) is 5.57 Å². The van der Waals surface area contributed by atoms with E-state index in [1.54, 1.807) is 25.7 Å². The van der Waals surface area contributed by atoms with Crippen LogP contribution in [0.4, 0.5) is 0 Å². The van der Waals surface area contributed by atoms with E-state index >= 15 is 0 Å². The van der Waals surface area contributed by atoms with Crippen molar-refractivity contribution in [3.05, 3.63) is 11.6 Å². The van der Waals surface area contributed by atoms with E-state index in [0.717, 1.165) is 35.5 Å². The summed E-state index contributed by atoms with van der Waals surface area (Å²) >= 11 is 0. The van der Waals surface area contributed by atoms with Gasteiger partial charge in [0.05, 0.1) is 0 Å². The summed E-state index contributed by atoms with van der Waals surface area (Å²) in [5, 5.41) is 0. The minimum Gasteiger partial charge on any atom is -0.0847 e. The van der Waals surface area contributed by atoms with Crippen molar-refractivity contribution >= 4 is 0 Å². The van der Waals surface area contributed by atoms with Crippen LogP contribution in [0.25, 0.3) is 0 Å². The van der Waals surface area contributed by atoms with Gasteiger partial charge in [0.2, 0.25) is 0 Å². The number of fused-ring (bicyclic) bond motifs is 5. The molecule has 0 heterocycles. The second kappa shape index (κ2) is 5.14. The van der Waals surface area contributed by atoms with Crippen LogP contribution in [0.2, 0.25) is 0 Å². The van der Waals surface area contributed by atoms with Crippen LogP contribution in [0.15, 0.2) is 11.6 Å². The minimum atomic E-state index is 0.506. The minimum absolute atomic E-state index is 0.506. The lowest BCUT2D eigenvalue weighted by Gasteiger charge is -2.50. The van der Waals surface area contributed by atoms with E-state index < -0.39 is 0 Å². The van der Waals surface area contributed by atoms with Crippen molar-refractivity contribution in [3.63, 3.8) is 0 Å². The Bertz CT molecular complexity index is 424. The predicted molar refractivity (Wildman–Crippen MR) is 90.0 cm³/mol. The van der Waals surface area contributed by atoms with Crippen LogP contribution >= 0.6 is 0 Å². The second-order valence-electron chi connectivity index (χ2n) is 9.73. The highest BCUT2D eigenvalue weighted by atomic mass is 14.5. The van der Waals surface area contributed by atoms with Gasteiger partial charge in [0.1, 0.15) is 0 Å². The monoisotopic (exact) mass is 286 g/mol. The Morgan fingerprint density at radius 2 is 1.71 bits per heavy atom. The quantitative estimate of drug-likeness (QED) is 0.464. The van der Waals surface area contributed by atoms with Crippen molar-refractivity contribution in [3.8, 4) is 0 Å². The SMILES string of the molecule is CC(C)(C)C1CCC2C(=CCC3C4CCCC4CCC23)C1. The third kappa shape index (κ3) is 2.41. The van der Waals surface area contributed by atoms with E-state index in [1.165, 1.54) is 32.1 Å². The molecule has 0 radical (unpaired) electrons. The summed E-state index contributed by atoms with van der Waals surface area (Å²) in [5.41, 5.74) is 2.39. The molecule has 118 valence electrons. The van der Waals surface area contributed by atoms with Gasteiger partial charge in [-0.25, -0.2) is 0 Å². The second-order valence-corrected chi connectivity index (χ2v) is 9.73. The van der Waals surface area contributed by atoms with Crippen molar-refractivity contribution in [1.82, 2.24) is 0 Å². The highest BCUT2D eigenvalue weighted by molar-refractivity contribution is 5.19. The zero-order valence-electron chi connectivity index (χ0n) is 14.4. The van der Waals surface area contributed by atoms with Gasteiger partial charge in [0, 0.05) is 0 Å². The molecule has 0 heteroatoms. The molecule has 0 aromatic heterocycles. The smallest absolute Gasteiger partial charge is 0.0172 e. The van der Waals surface area contributed by atoms with Crippen molar-refractivity contribution in [1.29, 1.82) is 0 Å². The molecular formula is C21H34. The van der Waals surface area contributed by atoms with Crippen LogP contribution < -0.4 is 0 Å². The molecule has 6 atom stereocenters. The summed E-state index contributed by atoms with van der Waals surface area (Å²) < 4.78 is 0. The van der Waals surface area contributed by atoms with Crippen molar-refractivity contribution in [2.24, 2.45) is 40.9 Å². The molecule has 0 bridgehead atoms. The van der Waals surface area contributed by atoms with Gasteiger partial charge in [0.25, 0.3) is 0 Å². The predicted octanol–water partition coefficient (Wildman–Crippen LogP) is 6.22. The number of hydrogen-bond donors (Lipinski definition) is 0. The number of allylic oxidation sites excluding steroid dienone is 2. The topological polar surface area (TPSA) is 0 Å². The molecule has 4 aliphatic rings.